The Bertz CT molecular complexity index is 704. The van der Waals surface area contributed by atoms with Crippen LogP contribution < -0.4 is 11.5 Å². The highest BCUT2D eigenvalue weighted by Crippen LogP contribution is 2.35. The maximum Gasteiger partial charge on any atom is 0.454 e. The number of rotatable bonds is 6. The number of nitrogens with two attached hydrogens (primary N) is 2. The predicted octanol–water partition coefficient (Wildman–Crippen LogP) is -1.79. The first-order chi connectivity index (χ1) is 12.8. The molecule has 2 aliphatic heterocycles. The predicted molar refractivity (Wildman–Crippen MR) is 92.8 cm³/mol. The molecular formula is C16H22BN3O7. The smallest absolute Gasteiger partial charge is 0.454 e. The second kappa shape index (κ2) is 7.71. The molecule has 3 rings (SSSR count). The van der Waals surface area contributed by atoms with Crippen molar-refractivity contribution in [3.63, 3.8) is 0 Å². The minimum atomic E-state index is -1.17. The van der Waals surface area contributed by atoms with Crippen LogP contribution in [0.5, 0.6) is 0 Å². The van der Waals surface area contributed by atoms with Crippen molar-refractivity contribution in [1.82, 2.24) is 4.90 Å². The van der Waals surface area contributed by atoms with E-state index in [1.807, 2.05) is 6.08 Å². The quantitative estimate of drug-likeness (QED) is 0.393. The van der Waals surface area contributed by atoms with Crippen molar-refractivity contribution in [2.75, 3.05) is 13.1 Å². The Kier molecular flexibility index (Phi) is 5.54. The fourth-order valence-corrected chi connectivity index (χ4v) is 3.49. The van der Waals surface area contributed by atoms with Crippen molar-refractivity contribution in [3.8, 4) is 0 Å². The van der Waals surface area contributed by atoms with E-state index < -0.39 is 43.2 Å². The van der Waals surface area contributed by atoms with Gasteiger partial charge in [-0.3, -0.25) is 9.59 Å². The number of fused-ring (bicyclic) bond motifs is 1. The number of allylic oxidation sites excluding steroid dienone is 1. The molecule has 2 unspecified atom stereocenters. The fraction of sp³-hybridized carbons (Fsp3) is 0.562. The molecule has 10 nitrogen and oxygen atoms in total. The third-order valence-electron chi connectivity index (χ3n) is 4.91. The van der Waals surface area contributed by atoms with E-state index in [9.17, 15) is 24.5 Å². The zero-order valence-corrected chi connectivity index (χ0v) is 14.6. The van der Waals surface area contributed by atoms with Gasteiger partial charge < -0.3 is 35.9 Å². The summed E-state index contributed by atoms with van der Waals surface area (Å²) in [5.74, 6) is -2.19. The lowest BCUT2D eigenvalue weighted by atomic mass is 9.71. The maximum absolute atomic E-state index is 12.1. The van der Waals surface area contributed by atoms with Crippen LogP contribution in [0.3, 0.4) is 0 Å². The van der Waals surface area contributed by atoms with E-state index in [4.69, 9.17) is 20.9 Å². The zero-order valence-electron chi connectivity index (χ0n) is 14.6. The third-order valence-corrected chi connectivity index (χ3v) is 4.91. The number of amides is 2. The summed E-state index contributed by atoms with van der Waals surface area (Å²) in [7, 11) is -1.00. The molecule has 2 fully saturated rings. The average Bonchev–Trinajstić information content (AvgIpc) is 2.55. The molecule has 27 heavy (non-hydrogen) atoms. The molecule has 11 heteroatoms. The van der Waals surface area contributed by atoms with Gasteiger partial charge in [0.2, 0.25) is 11.8 Å². The van der Waals surface area contributed by atoms with Gasteiger partial charge in [0.25, 0.3) is 0 Å². The van der Waals surface area contributed by atoms with E-state index in [1.165, 1.54) is 4.90 Å². The number of hydrogen-bond donors (Lipinski definition) is 4. The van der Waals surface area contributed by atoms with Gasteiger partial charge >= 0.3 is 13.1 Å². The highest BCUT2D eigenvalue weighted by atomic mass is 16.5. The number of aliphatic carboxylic acids is 1. The lowest BCUT2D eigenvalue weighted by Crippen LogP contribution is -2.59. The van der Waals surface area contributed by atoms with Crippen molar-refractivity contribution < 1.29 is 33.9 Å². The molecule has 0 spiro atoms. The van der Waals surface area contributed by atoms with Crippen molar-refractivity contribution in [3.05, 3.63) is 23.5 Å². The van der Waals surface area contributed by atoms with Gasteiger partial charge in [-0.05, 0) is 18.8 Å². The number of nitrogens with zero attached hydrogens (tertiary/aromatic N) is 1. The first-order valence-corrected chi connectivity index (χ1v) is 8.74. The van der Waals surface area contributed by atoms with E-state index in [2.05, 4.69) is 0 Å². The Morgan fingerprint density at radius 1 is 1.41 bits per heavy atom. The lowest BCUT2D eigenvalue weighted by Gasteiger charge is -2.41. The molecule has 0 aromatic rings. The number of carbonyl (C=O) groups excluding carboxylic acids is 2. The molecule has 2 amide bonds. The largest absolute Gasteiger partial charge is 0.486 e. The Labute approximate surface area is 155 Å². The second-order valence-electron chi connectivity index (χ2n) is 6.95. The highest BCUT2D eigenvalue weighted by molar-refractivity contribution is 6.43. The number of likely N-dealkylation sites (tertiary alicyclic amines) is 1. The molecular weight excluding hydrogens is 357 g/mol. The van der Waals surface area contributed by atoms with Crippen LogP contribution in [-0.2, 0) is 23.8 Å². The molecule has 2 saturated heterocycles. The van der Waals surface area contributed by atoms with E-state index in [0.29, 0.717) is 12.7 Å². The van der Waals surface area contributed by atoms with Gasteiger partial charge in [0.15, 0.2) is 0 Å². The topological polar surface area (TPSA) is 165 Å². The van der Waals surface area contributed by atoms with E-state index >= 15 is 0 Å². The minimum Gasteiger partial charge on any atom is -0.486 e. The van der Waals surface area contributed by atoms with Crippen LogP contribution in [0.25, 0.3) is 0 Å². The summed E-state index contributed by atoms with van der Waals surface area (Å²) >= 11 is 0. The third kappa shape index (κ3) is 4.15. The first-order valence-electron chi connectivity index (χ1n) is 8.74. The summed E-state index contributed by atoms with van der Waals surface area (Å²) < 4.78 is 11.2. The van der Waals surface area contributed by atoms with Crippen LogP contribution in [-0.4, -0.2) is 71.3 Å². The van der Waals surface area contributed by atoms with Crippen LogP contribution in [0, 0.1) is 5.92 Å². The molecule has 6 N–H and O–H groups in total. The summed E-state index contributed by atoms with van der Waals surface area (Å²) in [6.07, 6.45) is 3.09. The first kappa shape index (κ1) is 19.4. The van der Waals surface area contributed by atoms with Crippen LogP contribution >= 0.6 is 0 Å². The number of hydrogen-bond acceptors (Lipinski definition) is 7. The maximum atomic E-state index is 12.1. The molecule has 3 atom stereocenters. The molecule has 0 radical (unpaired) electrons. The van der Waals surface area contributed by atoms with E-state index in [-0.39, 0.29) is 36.8 Å². The van der Waals surface area contributed by atoms with Gasteiger partial charge in [-0.2, -0.15) is 0 Å². The average molecular weight is 379 g/mol. The molecule has 2 heterocycles. The molecule has 0 aromatic carbocycles. The molecule has 1 aliphatic carbocycles. The van der Waals surface area contributed by atoms with Gasteiger partial charge in [0, 0.05) is 5.92 Å². The summed E-state index contributed by atoms with van der Waals surface area (Å²) in [6.45, 7) is 0.459. The second-order valence-corrected chi connectivity index (χ2v) is 6.95. The SMILES string of the molecule is NC(=O)C[C@H](N)C(=O)N1CC(OC2=C(C(=O)O)C3OB(O)CCC3C=C2)C1. The van der Waals surface area contributed by atoms with Gasteiger partial charge in [-0.1, -0.05) is 6.08 Å². The van der Waals surface area contributed by atoms with Gasteiger partial charge in [-0.25, -0.2) is 4.79 Å². The summed E-state index contributed by atoms with van der Waals surface area (Å²) in [6, 6.07) is -0.996. The van der Waals surface area contributed by atoms with Gasteiger partial charge in [0.05, 0.1) is 31.7 Å². The monoisotopic (exact) mass is 379 g/mol. The van der Waals surface area contributed by atoms with Gasteiger partial charge in [0.1, 0.15) is 17.4 Å². The Hall–Kier alpha value is -2.37. The van der Waals surface area contributed by atoms with E-state index in [0.717, 1.165) is 0 Å². The number of carboxylic acids is 1. The standard InChI is InChI=1S/C16H22BN3O7/c18-10(5-12(19)21)15(22)20-6-9(7-20)26-11-2-1-8-3-4-17(25)27-14(8)13(11)16(23)24/h1-2,8-10,14,25H,3-7,18H2,(H2,19,21)(H,23,24)/t8?,10-,14?/m0/s1. The van der Waals surface area contributed by atoms with Crippen molar-refractivity contribution in [2.24, 2.45) is 17.4 Å². The summed E-state index contributed by atoms with van der Waals surface area (Å²) in [4.78, 5) is 36.1. The highest BCUT2D eigenvalue weighted by Gasteiger charge is 2.42. The van der Waals surface area contributed by atoms with Crippen LogP contribution in [0.4, 0.5) is 0 Å². The van der Waals surface area contributed by atoms with Crippen LogP contribution in [0.1, 0.15) is 12.8 Å². The van der Waals surface area contributed by atoms with Crippen molar-refractivity contribution in [1.29, 1.82) is 0 Å². The number of ether oxygens (including phenoxy) is 1. The Morgan fingerprint density at radius 3 is 2.74 bits per heavy atom. The van der Waals surface area contributed by atoms with E-state index in [1.54, 1.807) is 6.08 Å². The van der Waals surface area contributed by atoms with Crippen LogP contribution in [0.2, 0.25) is 6.32 Å². The van der Waals surface area contributed by atoms with Crippen molar-refractivity contribution >= 4 is 24.9 Å². The fourth-order valence-electron chi connectivity index (χ4n) is 3.49. The van der Waals surface area contributed by atoms with Gasteiger partial charge in [-0.15, -0.1) is 0 Å². The number of primary amides is 1. The molecule has 0 bridgehead atoms. The lowest BCUT2D eigenvalue weighted by molar-refractivity contribution is -0.145. The zero-order chi connectivity index (χ0) is 19.7. The van der Waals surface area contributed by atoms with Crippen molar-refractivity contribution in [2.45, 2.75) is 37.4 Å². The normalized spacial score (nSPS) is 26.3. The molecule has 0 aromatic heterocycles. The molecule has 0 saturated carbocycles. The van der Waals surface area contributed by atoms with Crippen LogP contribution in [0.15, 0.2) is 23.5 Å². The Morgan fingerprint density at radius 2 is 2.11 bits per heavy atom. The molecule has 3 aliphatic rings. The summed E-state index contributed by atoms with van der Waals surface area (Å²) in [5, 5.41) is 19.3. The summed E-state index contributed by atoms with van der Waals surface area (Å²) in [5.41, 5.74) is 10.6. The Balaban J connectivity index is 1.63. The number of carbonyl (C=O) groups is 3. The minimum absolute atomic E-state index is 0.0311. The number of carboxylic acid groups (broad SMARTS) is 1. The molecule has 146 valence electrons.